The number of hydrogen-bond donors (Lipinski definition) is 0. The van der Waals surface area contributed by atoms with E-state index in [0.29, 0.717) is 24.7 Å². The number of methoxy groups -OCH3 is 2. The van der Waals surface area contributed by atoms with Crippen molar-refractivity contribution < 1.29 is 14.2 Å². The van der Waals surface area contributed by atoms with Gasteiger partial charge >= 0.3 is 0 Å². The van der Waals surface area contributed by atoms with Crippen LogP contribution in [-0.4, -0.2) is 20.8 Å². The molecule has 0 bridgehead atoms. The molecular formula is C11H14BrO3. The van der Waals surface area contributed by atoms with Crippen LogP contribution in [0.2, 0.25) is 0 Å². The Morgan fingerprint density at radius 1 is 1.27 bits per heavy atom. The molecule has 0 spiro atoms. The van der Waals surface area contributed by atoms with Crippen LogP contribution in [0.15, 0.2) is 16.6 Å². The highest BCUT2D eigenvalue weighted by molar-refractivity contribution is 9.10. The van der Waals surface area contributed by atoms with Crippen molar-refractivity contribution in [2.45, 2.75) is 6.61 Å². The molecular weight excluding hydrogens is 260 g/mol. The maximum Gasteiger partial charge on any atom is 0.167 e. The van der Waals surface area contributed by atoms with Crippen molar-refractivity contribution in [3.63, 3.8) is 0 Å². The first-order chi connectivity index (χ1) is 7.24. The average Bonchev–Trinajstić information content (AvgIpc) is 2.27. The standard InChI is InChI=1S/C11H14BrO3/c1-4-15-7-8-9(12)5-6-10(13-2)11(8)14-3/h5-6H,1,4,7H2,2-3H3. The van der Waals surface area contributed by atoms with E-state index in [1.54, 1.807) is 14.2 Å². The van der Waals surface area contributed by atoms with Gasteiger partial charge < -0.3 is 14.2 Å². The minimum absolute atomic E-state index is 0.423. The largest absolute Gasteiger partial charge is 0.493 e. The molecule has 15 heavy (non-hydrogen) atoms. The van der Waals surface area contributed by atoms with Crippen LogP contribution in [-0.2, 0) is 11.3 Å². The highest BCUT2D eigenvalue weighted by Gasteiger charge is 2.13. The molecule has 0 saturated carbocycles. The molecule has 1 aromatic rings. The van der Waals surface area contributed by atoms with E-state index in [4.69, 9.17) is 14.2 Å². The predicted octanol–water partition coefficient (Wildman–Crippen LogP) is 2.82. The first-order valence-electron chi connectivity index (χ1n) is 4.51. The minimum atomic E-state index is 0.423. The van der Waals surface area contributed by atoms with Gasteiger partial charge in [-0.3, -0.25) is 0 Å². The molecule has 0 aromatic heterocycles. The van der Waals surface area contributed by atoms with Crippen molar-refractivity contribution in [3.8, 4) is 11.5 Å². The zero-order valence-electron chi connectivity index (χ0n) is 8.88. The van der Waals surface area contributed by atoms with Gasteiger partial charge in [-0.2, -0.15) is 0 Å². The van der Waals surface area contributed by atoms with Crippen LogP contribution in [0.3, 0.4) is 0 Å². The third-order valence-electron chi connectivity index (χ3n) is 1.98. The van der Waals surface area contributed by atoms with Crippen LogP contribution in [0.4, 0.5) is 0 Å². The highest BCUT2D eigenvalue weighted by Crippen LogP contribution is 2.36. The molecule has 0 unspecified atom stereocenters. The molecule has 0 aliphatic carbocycles. The Bertz CT molecular complexity index is 326. The lowest BCUT2D eigenvalue weighted by Crippen LogP contribution is -2.00. The molecule has 0 aliphatic rings. The van der Waals surface area contributed by atoms with Gasteiger partial charge in [0, 0.05) is 16.6 Å². The topological polar surface area (TPSA) is 27.7 Å². The van der Waals surface area contributed by atoms with Gasteiger partial charge in [-0.15, -0.1) is 0 Å². The van der Waals surface area contributed by atoms with Crippen LogP contribution in [0.5, 0.6) is 11.5 Å². The number of ether oxygens (including phenoxy) is 3. The lowest BCUT2D eigenvalue weighted by atomic mass is 10.2. The molecule has 1 radical (unpaired) electrons. The Labute approximate surface area is 98.5 Å². The molecule has 3 nitrogen and oxygen atoms in total. The van der Waals surface area contributed by atoms with Crippen molar-refractivity contribution in [2.75, 3.05) is 20.8 Å². The average molecular weight is 274 g/mol. The van der Waals surface area contributed by atoms with Crippen LogP contribution in [0.25, 0.3) is 0 Å². The molecule has 1 aromatic carbocycles. The third kappa shape index (κ3) is 2.86. The number of rotatable bonds is 5. The molecule has 0 aliphatic heterocycles. The van der Waals surface area contributed by atoms with Crippen LogP contribution in [0, 0.1) is 6.92 Å². The van der Waals surface area contributed by atoms with Gasteiger partial charge in [0.25, 0.3) is 0 Å². The quantitative estimate of drug-likeness (QED) is 0.826. The Balaban J connectivity index is 3.07. The fourth-order valence-corrected chi connectivity index (χ4v) is 1.70. The highest BCUT2D eigenvalue weighted by atomic mass is 79.9. The number of benzene rings is 1. The molecule has 83 valence electrons. The molecule has 0 heterocycles. The van der Waals surface area contributed by atoms with E-state index in [1.165, 1.54) is 0 Å². The summed E-state index contributed by atoms with van der Waals surface area (Å²) in [6, 6.07) is 3.75. The van der Waals surface area contributed by atoms with Crippen LogP contribution < -0.4 is 9.47 Å². The lowest BCUT2D eigenvalue weighted by molar-refractivity contribution is 0.144. The van der Waals surface area contributed by atoms with Crippen LogP contribution in [0.1, 0.15) is 5.56 Å². The molecule has 4 heteroatoms. The number of halogens is 1. The molecule has 1 rings (SSSR count). The van der Waals surface area contributed by atoms with Crippen molar-refractivity contribution in [3.05, 3.63) is 29.1 Å². The third-order valence-corrected chi connectivity index (χ3v) is 2.72. The second-order valence-corrected chi connectivity index (χ2v) is 3.67. The predicted molar refractivity (Wildman–Crippen MR) is 62.3 cm³/mol. The Hall–Kier alpha value is -0.740. The minimum Gasteiger partial charge on any atom is -0.493 e. The van der Waals surface area contributed by atoms with Crippen LogP contribution >= 0.6 is 15.9 Å². The van der Waals surface area contributed by atoms with E-state index in [-0.39, 0.29) is 0 Å². The van der Waals surface area contributed by atoms with E-state index in [2.05, 4.69) is 22.9 Å². The summed E-state index contributed by atoms with van der Waals surface area (Å²) in [5.41, 5.74) is 0.931. The second kappa shape index (κ2) is 5.98. The van der Waals surface area contributed by atoms with Gasteiger partial charge in [0.2, 0.25) is 0 Å². The molecule has 0 amide bonds. The van der Waals surface area contributed by atoms with Gasteiger partial charge in [-0.05, 0) is 19.1 Å². The Kier molecular flexibility index (Phi) is 4.91. The summed E-state index contributed by atoms with van der Waals surface area (Å²) in [5, 5.41) is 0. The van der Waals surface area contributed by atoms with E-state index in [1.807, 2.05) is 12.1 Å². The van der Waals surface area contributed by atoms with Gasteiger partial charge in [0.15, 0.2) is 11.5 Å². The molecule has 0 fully saturated rings. The van der Waals surface area contributed by atoms with Crippen molar-refractivity contribution in [1.82, 2.24) is 0 Å². The van der Waals surface area contributed by atoms with Gasteiger partial charge in [0.1, 0.15) is 0 Å². The maximum atomic E-state index is 5.29. The summed E-state index contributed by atoms with van der Waals surface area (Å²) in [4.78, 5) is 0. The first-order valence-corrected chi connectivity index (χ1v) is 5.30. The Morgan fingerprint density at radius 3 is 2.53 bits per heavy atom. The summed E-state index contributed by atoms with van der Waals surface area (Å²) < 4.78 is 16.7. The first kappa shape index (κ1) is 12.3. The summed E-state index contributed by atoms with van der Waals surface area (Å²) in [7, 11) is 3.22. The zero-order valence-corrected chi connectivity index (χ0v) is 10.5. The summed E-state index contributed by atoms with van der Waals surface area (Å²) in [6.45, 7) is 4.49. The van der Waals surface area contributed by atoms with E-state index in [9.17, 15) is 0 Å². The van der Waals surface area contributed by atoms with Crippen molar-refractivity contribution in [1.29, 1.82) is 0 Å². The lowest BCUT2D eigenvalue weighted by Gasteiger charge is -2.14. The Morgan fingerprint density at radius 2 is 2.00 bits per heavy atom. The zero-order chi connectivity index (χ0) is 11.3. The summed E-state index contributed by atoms with van der Waals surface area (Å²) in [6.07, 6.45) is 0. The van der Waals surface area contributed by atoms with E-state index < -0.39 is 0 Å². The van der Waals surface area contributed by atoms with Gasteiger partial charge in [-0.25, -0.2) is 0 Å². The number of hydrogen-bond acceptors (Lipinski definition) is 3. The fourth-order valence-electron chi connectivity index (χ4n) is 1.28. The SMILES string of the molecule is [CH2]COCc1c(Br)ccc(OC)c1OC. The monoisotopic (exact) mass is 273 g/mol. The van der Waals surface area contributed by atoms with E-state index in [0.717, 1.165) is 10.0 Å². The molecule has 0 saturated heterocycles. The van der Waals surface area contributed by atoms with E-state index >= 15 is 0 Å². The second-order valence-electron chi connectivity index (χ2n) is 2.81. The maximum absolute atomic E-state index is 5.29. The van der Waals surface area contributed by atoms with Gasteiger partial charge in [0.05, 0.1) is 20.8 Å². The van der Waals surface area contributed by atoms with Crippen molar-refractivity contribution >= 4 is 15.9 Å². The molecule has 0 atom stereocenters. The smallest absolute Gasteiger partial charge is 0.167 e. The normalized spacial score (nSPS) is 10.1. The summed E-state index contributed by atoms with van der Waals surface area (Å²) in [5.74, 6) is 1.39. The fraction of sp³-hybridized carbons (Fsp3) is 0.364. The van der Waals surface area contributed by atoms with Crippen molar-refractivity contribution in [2.24, 2.45) is 0 Å². The van der Waals surface area contributed by atoms with Gasteiger partial charge in [-0.1, -0.05) is 15.9 Å². The molecule has 0 N–H and O–H groups in total. The summed E-state index contributed by atoms with van der Waals surface area (Å²) >= 11 is 3.45.